The van der Waals surface area contributed by atoms with Gasteiger partial charge in [0.25, 0.3) is 0 Å². The van der Waals surface area contributed by atoms with E-state index in [0.717, 1.165) is 5.56 Å². The van der Waals surface area contributed by atoms with Gasteiger partial charge in [-0.3, -0.25) is 4.79 Å². The van der Waals surface area contributed by atoms with Gasteiger partial charge in [-0.15, -0.1) is 0 Å². The van der Waals surface area contributed by atoms with Crippen molar-refractivity contribution < 1.29 is 19.0 Å². The van der Waals surface area contributed by atoms with Crippen molar-refractivity contribution in [3.63, 3.8) is 0 Å². The Morgan fingerprint density at radius 1 is 1.32 bits per heavy atom. The molecule has 2 atom stereocenters. The Morgan fingerprint density at radius 3 is 2.63 bits per heavy atom. The fraction of sp³-hybridized carbons (Fsp3) is 0.533. The largest absolute Gasteiger partial charge is 0.460 e. The van der Waals surface area contributed by atoms with Gasteiger partial charge in [0, 0.05) is 0 Å². The number of esters is 1. The molecular weight excluding hydrogens is 244 g/mol. The summed E-state index contributed by atoms with van der Waals surface area (Å²) in [5, 5.41) is 0. The Labute approximate surface area is 113 Å². The number of rotatable bonds is 3. The smallest absolute Gasteiger partial charge is 0.311 e. The molecule has 0 saturated carbocycles. The highest BCUT2D eigenvalue weighted by molar-refractivity contribution is 5.70. The van der Waals surface area contributed by atoms with Gasteiger partial charge in [-0.2, -0.15) is 0 Å². The summed E-state index contributed by atoms with van der Waals surface area (Å²) in [6.07, 6.45) is -0.491. The summed E-state index contributed by atoms with van der Waals surface area (Å²) in [6.45, 7) is 5.99. The van der Waals surface area contributed by atoms with Crippen LogP contribution in [0.3, 0.4) is 0 Å². The fourth-order valence-electron chi connectivity index (χ4n) is 1.93. The molecule has 2 rings (SSSR count). The number of hydrogen-bond donors (Lipinski definition) is 0. The molecule has 1 aliphatic heterocycles. The second-order valence-electron chi connectivity index (χ2n) is 5.59. The monoisotopic (exact) mass is 264 g/mol. The van der Waals surface area contributed by atoms with E-state index in [0.29, 0.717) is 6.61 Å². The second-order valence-corrected chi connectivity index (χ2v) is 5.59. The van der Waals surface area contributed by atoms with Gasteiger partial charge in [-0.25, -0.2) is 0 Å². The Kier molecular flexibility index (Phi) is 4.22. The number of hydrogen-bond acceptors (Lipinski definition) is 4. The highest BCUT2D eigenvalue weighted by atomic mass is 16.7. The van der Waals surface area contributed by atoms with Crippen molar-refractivity contribution in [3.05, 3.63) is 35.9 Å². The van der Waals surface area contributed by atoms with Crippen molar-refractivity contribution in [2.45, 2.75) is 45.2 Å². The standard InChI is InChI=1S/C15H20O4/c1-15(2,3)19-13(16)9-14-17-10-12(18-14)11-7-5-4-6-8-11/h4-8,12,14H,9-10H2,1-3H3/t12-,14-/m1/s1. The molecular formula is C15H20O4. The number of carbonyl (C=O) groups excluding carboxylic acids is 1. The third-order valence-electron chi connectivity index (χ3n) is 2.67. The van der Waals surface area contributed by atoms with Crippen molar-refractivity contribution in [2.24, 2.45) is 0 Å². The molecule has 19 heavy (non-hydrogen) atoms. The minimum atomic E-state index is -0.514. The molecule has 0 N–H and O–H groups in total. The summed E-state index contributed by atoms with van der Waals surface area (Å²) in [5.74, 6) is -0.300. The van der Waals surface area contributed by atoms with Crippen LogP contribution in [-0.2, 0) is 19.0 Å². The summed E-state index contributed by atoms with van der Waals surface area (Å²) in [7, 11) is 0. The van der Waals surface area contributed by atoms with Gasteiger partial charge >= 0.3 is 5.97 Å². The van der Waals surface area contributed by atoms with Crippen molar-refractivity contribution in [2.75, 3.05) is 6.61 Å². The molecule has 104 valence electrons. The van der Waals surface area contributed by atoms with Crippen molar-refractivity contribution in [3.8, 4) is 0 Å². The molecule has 1 fully saturated rings. The molecule has 4 nitrogen and oxygen atoms in total. The Morgan fingerprint density at radius 2 is 2.00 bits per heavy atom. The van der Waals surface area contributed by atoms with Crippen LogP contribution in [0.4, 0.5) is 0 Å². The molecule has 0 bridgehead atoms. The average Bonchev–Trinajstić information content (AvgIpc) is 2.76. The van der Waals surface area contributed by atoms with Crippen LogP contribution >= 0.6 is 0 Å². The normalized spacial score (nSPS) is 23.3. The zero-order chi connectivity index (χ0) is 13.9. The van der Waals surface area contributed by atoms with E-state index in [2.05, 4.69) is 0 Å². The highest BCUT2D eigenvalue weighted by Gasteiger charge is 2.30. The van der Waals surface area contributed by atoms with Crippen LogP contribution in [0.25, 0.3) is 0 Å². The van der Waals surface area contributed by atoms with Crippen molar-refractivity contribution >= 4 is 5.97 Å². The molecule has 0 spiro atoms. The Balaban J connectivity index is 1.84. The molecule has 0 radical (unpaired) electrons. The van der Waals surface area contributed by atoms with Crippen LogP contribution in [-0.4, -0.2) is 24.5 Å². The zero-order valence-electron chi connectivity index (χ0n) is 11.6. The topological polar surface area (TPSA) is 44.8 Å². The van der Waals surface area contributed by atoms with Crippen LogP contribution in [0.2, 0.25) is 0 Å². The molecule has 1 saturated heterocycles. The van der Waals surface area contributed by atoms with E-state index in [9.17, 15) is 4.79 Å². The van der Waals surface area contributed by atoms with Gasteiger partial charge in [-0.05, 0) is 26.3 Å². The lowest BCUT2D eigenvalue weighted by atomic mass is 10.1. The average molecular weight is 264 g/mol. The van der Waals surface area contributed by atoms with Gasteiger partial charge in [0.2, 0.25) is 0 Å². The molecule has 1 aromatic carbocycles. The van der Waals surface area contributed by atoms with E-state index in [-0.39, 0.29) is 18.5 Å². The van der Waals surface area contributed by atoms with E-state index in [1.807, 2.05) is 51.1 Å². The van der Waals surface area contributed by atoms with Gasteiger partial charge in [0.15, 0.2) is 6.29 Å². The Hall–Kier alpha value is -1.39. The van der Waals surface area contributed by atoms with Gasteiger partial charge in [0.1, 0.15) is 11.7 Å². The number of carbonyl (C=O) groups is 1. The van der Waals surface area contributed by atoms with E-state index in [1.165, 1.54) is 0 Å². The molecule has 1 heterocycles. The maximum absolute atomic E-state index is 11.7. The summed E-state index contributed by atoms with van der Waals surface area (Å²) in [6, 6.07) is 9.85. The molecule has 1 aliphatic rings. The third-order valence-corrected chi connectivity index (χ3v) is 2.67. The molecule has 0 unspecified atom stereocenters. The Bertz CT molecular complexity index is 422. The second kappa shape index (κ2) is 5.72. The number of benzene rings is 1. The van der Waals surface area contributed by atoms with Crippen LogP contribution in [0, 0.1) is 0 Å². The first-order valence-electron chi connectivity index (χ1n) is 6.48. The first-order valence-corrected chi connectivity index (χ1v) is 6.48. The quantitative estimate of drug-likeness (QED) is 0.787. The van der Waals surface area contributed by atoms with Crippen LogP contribution < -0.4 is 0 Å². The fourth-order valence-corrected chi connectivity index (χ4v) is 1.93. The zero-order valence-corrected chi connectivity index (χ0v) is 11.6. The first-order chi connectivity index (χ1) is 8.94. The molecule has 0 aliphatic carbocycles. The summed E-state index contributed by atoms with van der Waals surface area (Å²) in [5.41, 5.74) is 0.586. The minimum absolute atomic E-state index is 0.103. The van der Waals surface area contributed by atoms with E-state index < -0.39 is 11.9 Å². The minimum Gasteiger partial charge on any atom is -0.460 e. The summed E-state index contributed by atoms with van der Waals surface area (Å²) in [4.78, 5) is 11.7. The van der Waals surface area contributed by atoms with Crippen LogP contribution in [0.5, 0.6) is 0 Å². The predicted octanol–water partition coefficient (Wildman–Crippen LogP) is 2.83. The van der Waals surface area contributed by atoms with Gasteiger partial charge in [0.05, 0.1) is 13.0 Å². The summed E-state index contributed by atoms with van der Waals surface area (Å²) >= 11 is 0. The predicted molar refractivity (Wildman–Crippen MR) is 70.5 cm³/mol. The maximum atomic E-state index is 11.7. The first kappa shape index (κ1) is 14.0. The molecule has 1 aromatic rings. The highest BCUT2D eigenvalue weighted by Crippen LogP contribution is 2.28. The lowest BCUT2D eigenvalue weighted by Gasteiger charge is -2.20. The van der Waals surface area contributed by atoms with E-state index in [4.69, 9.17) is 14.2 Å². The maximum Gasteiger partial charge on any atom is 0.311 e. The van der Waals surface area contributed by atoms with Crippen LogP contribution in [0.1, 0.15) is 38.9 Å². The lowest BCUT2D eigenvalue weighted by molar-refractivity contribution is -0.163. The van der Waals surface area contributed by atoms with Gasteiger partial charge in [-0.1, -0.05) is 30.3 Å². The van der Waals surface area contributed by atoms with E-state index in [1.54, 1.807) is 0 Å². The SMILES string of the molecule is CC(C)(C)OC(=O)C[C@@H]1OC[C@H](c2ccccc2)O1. The van der Waals surface area contributed by atoms with Gasteiger partial charge < -0.3 is 14.2 Å². The van der Waals surface area contributed by atoms with Crippen molar-refractivity contribution in [1.82, 2.24) is 0 Å². The molecule has 4 heteroatoms. The van der Waals surface area contributed by atoms with E-state index >= 15 is 0 Å². The lowest BCUT2D eigenvalue weighted by Crippen LogP contribution is -2.26. The molecule has 0 aromatic heterocycles. The van der Waals surface area contributed by atoms with Crippen LogP contribution in [0.15, 0.2) is 30.3 Å². The number of ether oxygens (including phenoxy) is 3. The summed E-state index contributed by atoms with van der Waals surface area (Å²) < 4.78 is 16.4. The molecule has 0 amide bonds. The third kappa shape index (κ3) is 4.33. The van der Waals surface area contributed by atoms with Crippen molar-refractivity contribution in [1.29, 1.82) is 0 Å².